The van der Waals surface area contributed by atoms with E-state index in [0.29, 0.717) is 16.7 Å². The zero-order chi connectivity index (χ0) is 21.0. The highest BCUT2D eigenvalue weighted by Gasteiger charge is 2.60. The largest absolute Gasteiger partial charge is 0.393 e. The van der Waals surface area contributed by atoms with E-state index in [1.807, 2.05) is 0 Å². The Kier molecular flexibility index (Phi) is 6.04. The molecule has 0 aromatic rings. The topological polar surface area (TPSA) is 20.2 Å². The van der Waals surface area contributed by atoms with E-state index in [4.69, 9.17) is 0 Å². The van der Waals surface area contributed by atoms with E-state index in [-0.39, 0.29) is 6.10 Å². The summed E-state index contributed by atoms with van der Waals surface area (Å²) < 4.78 is 0. The molecule has 1 heteroatoms. The Morgan fingerprint density at radius 1 is 0.793 bits per heavy atom. The van der Waals surface area contributed by atoms with Gasteiger partial charge >= 0.3 is 0 Å². The number of rotatable bonds is 4. The van der Waals surface area contributed by atoms with Gasteiger partial charge in [-0.05, 0) is 116 Å². The lowest BCUT2D eigenvalue weighted by Crippen LogP contribution is -2.54. The minimum Gasteiger partial charge on any atom is -0.393 e. The van der Waals surface area contributed by atoms with Crippen molar-refractivity contribution in [3.63, 3.8) is 0 Å². The molecule has 4 fully saturated rings. The van der Waals surface area contributed by atoms with Crippen LogP contribution in [0.3, 0.4) is 0 Å². The van der Waals surface area contributed by atoms with Crippen LogP contribution in [0.1, 0.15) is 99.3 Å². The average molecular weight is 401 g/mol. The number of allylic oxidation sites excluding steroid dienone is 2. The van der Waals surface area contributed by atoms with E-state index in [2.05, 4.69) is 53.7 Å². The second-order valence-electron chi connectivity index (χ2n) is 12.7. The van der Waals surface area contributed by atoms with Gasteiger partial charge in [0.15, 0.2) is 0 Å². The number of aliphatic hydroxyl groups excluding tert-OH is 1. The highest BCUT2D eigenvalue weighted by Crippen LogP contribution is 2.68. The summed E-state index contributed by atoms with van der Waals surface area (Å²) in [4.78, 5) is 0. The van der Waals surface area contributed by atoms with Crippen molar-refractivity contribution in [3.05, 3.63) is 12.2 Å². The Bertz CT molecular complexity index is 607. The van der Waals surface area contributed by atoms with Gasteiger partial charge in [-0.15, -0.1) is 0 Å². The van der Waals surface area contributed by atoms with E-state index in [1.54, 1.807) is 0 Å². The van der Waals surface area contributed by atoms with Crippen molar-refractivity contribution < 1.29 is 5.11 Å². The summed E-state index contributed by atoms with van der Waals surface area (Å²) in [6.07, 6.45) is 17.1. The van der Waals surface area contributed by atoms with Crippen LogP contribution in [0.25, 0.3) is 0 Å². The number of hydrogen-bond donors (Lipinski definition) is 1. The smallest absolute Gasteiger partial charge is 0.0543 e. The van der Waals surface area contributed by atoms with Gasteiger partial charge in [-0.1, -0.05) is 53.7 Å². The van der Waals surface area contributed by atoms with Crippen LogP contribution in [-0.2, 0) is 0 Å². The summed E-state index contributed by atoms with van der Waals surface area (Å²) >= 11 is 0. The number of hydrogen-bond acceptors (Lipinski definition) is 1. The molecule has 0 saturated heterocycles. The van der Waals surface area contributed by atoms with E-state index in [0.717, 1.165) is 54.3 Å². The first-order valence-electron chi connectivity index (χ1n) is 13.0. The van der Waals surface area contributed by atoms with Gasteiger partial charge in [0.2, 0.25) is 0 Å². The summed E-state index contributed by atoms with van der Waals surface area (Å²) in [7, 11) is 0. The highest BCUT2D eigenvalue weighted by atomic mass is 16.3. The fourth-order valence-corrected chi connectivity index (χ4v) is 8.85. The van der Waals surface area contributed by atoms with E-state index >= 15 is 0 Å². The molecule has 1 unspecified atom stereocenters. The fraction of sp³-hybridized carbons (Fsp3) is 0.929. The molecule has 0 aromatic carbocycles. The fourth-order valence-electron chi connectivity index (χ4n) is 8.85. The van der Waals surface area contributed by atoms with Crippen LogP contribution in [0, 0.1) is 58.2 Å². The monoisotopic (exact) mass is 400 g/mol. The molecule has 4 rings (SSSR count). The maximum Gasteiger partial charge on any atom is 0.0543 e. The Hall–Kier alpha value is -0.300. The van der Waals surface area contributed by atoms with Crippen LogP contribution in [0.4, 0.5) is 0 Å². The second-order valence-corrected chi connectivity index (χ2v) is 12.7. The first-order valence-corrected chi connectivity index (χ1v) is 13.0. The molecule has 4 aliphatic carbocycles. The van der Waals surface area contributed by atoms with Gasteiger partial charge in [0.05, 0.1) is 6.10 Å². The summed E-state index contributed by atoms with van der Waals surface area (Å²) in [6, 6.07) is 0. The lowest BCUT2D eigenvalue weighted by Gasteiger charge is -2.61. The molecule has 0 aliphatic heterocycles. The second kappa shape index (κ2) is 7.99. The zero-order valence-corrected chi connectivity index (χ0v) is 20.2. The third-order valence-corrected chi connectivity index (χ3v) is 11.1. The molecule has 1 N–H and O–H groups in total. The van der Waals surface area contributed by atoms with Crippen molar-refractivity contribution in [2.75, 3.05) is 0 Å². The first-order chi connectivity index (χ1) is 13.7. The number of aliphatic hydroxyl groups is 1. The molecule has 0 bridgehead atoms. The van der Waals surface area contributed by atoms with Crippen LogP contribution in [0.15, 0.2) is 12.2 Å². The van der Waals surface area contributed by atoms with Gasteiger partial charge < -0.3 is 5.11 Å². The lowest BCUT2D eigenvalue weighted by atomic mass is 9.44. The van der Waals surface area contributed by atoms with Gasteiger partial charge in [-0.3, -0.25) is 0 Å². The minimum atomic E-state index is -0.0183. The Morgan fingerprint density at radius 2 is 1.48 bits per heavy atom. The SMILES string of the molecule is CC(C)[C@H](C)C=C[C@@H](C)[C@H]1CC[C@H]2[C@@H]3CCC4C[C@@H](O)CC[C@]4(C)[C@H]3CC[C@]12C. The normalized spacial score (nSPS) is 49.5. The van der Waals surface area contributed by atoms with Crippen LogP contribution in [0.2, 0.25) is 0 Å². The number of fused-ring (bicyclic) bond motifs is 5. The summed E-state index contributed by atoms with van der Waals surface area (Å²) in [5, 5.41) is 10.3. The molecule has 4 aliphatic rings. The summed E-state index contributed by atoms with van der Waals surface area (Å²) in [6.45, 7) is 14.9. The van der Waals surface area contributed by atoms with Gasteiger partial charge in [0, 0.05) is 0 Å². The van der Waals surface area contributed by atoms with Crippen LogP contribution >= 0.6 is 0 Å². The molecule has 4 saturated carbocycles. The van der Waals surface area contributed by atoms with Gasteiger partial charge in [0.25, 0.3) is 0 Å². The van der Waals surface area contributed by atoms with Crippen molar-refractivity contribution in [3.8, 4) is 0 Å². The van der Waals surface area contributed by atoms with Crippen molar-refractivity contribution in [1.82, 2.24) is 0 Å². The molecule has 0 aromatic heterocycles. The molecule has 166 valence electrons. The molecule has 0 amide bonds. The Balaban J connectivity index is 1.50. The van der Waals surface area contributed by atoms with Crippen molar-refractivity contribution in [2.24, 2.45) is 58.2 Å². The average Bonchev–Trinajstić information content (AvgIpc) is 3.03. The predicted molar refractivity (Wildman–Crippen MR) is 124 cm³/mol. The molecule has 0 spiro atoms. The maximum atomic E-state index is 10.3. The van der Waals surface area contributed by atoms with Gasteiger partial charge in [-0.25, -0.2) is 0 Å². The highest BCUT2D eigenvalue weighted by molar-refractivity contribution is 5.11. The van der Waals surface area contributed by atoms with E-state index in [1.165, 1.54) is 44.9 Å². The van der Waals surface area contributed by atoms with Crippen molar-refractivity contribution in [1.29, 1.82) is 0 Å². The van der Waals surface area contributed by atoms with Gasteiger partial charge in [0.1, 0.15) is 0 Å². The summed E-state index contributed by atoms with van der Waals surface area (Å²) in [5.41, 5.74) is 1.07. The van der Waals surface area contributed by atoms with E-state index < -0.39 is 0 Å². The standard InChI is InChI=1S/C28H48O/c1-18(2)19(3)7-8-20(4)24-11-12-25-23-10-9-21-17-22(29)13-15-27(21,5)26(23)14-16-28(24,25)6/h7-8,18-26,29H,9-17H2,1-6H3/t19-,20-,21?,22+,23+,24-,25+,26+,27+,28-/m1/s1. The molecular formula is C28H48O. The van der Waals surface area contributed by atoms with Crippen LogP contribution < -0.4 is 0 Å². The van der Waals surface area contributed by atoms with Crippen molar-refractivity contribution >= 4 is 0 Å². The van der Waals surface area contributed by atoms with Gasteiger partial charge in [-0.2, -0.15) is 0 Å². The third-order valence-electron chi connectivity index (χ3n) is 11.1. The maximum absolute atomic E-state index is 10.3. The third kappa shape index (κ3) is 3.66. The quantitative estimate of drug-likeness (QED) is 0.485. The molecular weight excluding hydrogens is 352 g/mol. The lowest BCUT2D eigenvalue weighted by molar-refractivity contribution is -0.128. The zero-order valence-electron chi connectivity index (χ0n) is 20.2. The Labute approximate surface area is 181 Å². The molecule has 29 heavy (non-hydrogen) atoms. The molecule has 10 atom stereocenters. The Morgan fingerprint density at radius 3 is 2.21 bits per heavy atom. The molecule has 0 heterocycles. The van der Waals surface area contributed by atoms with Crippen LogP contribution in [0.5, 0.6) is 0 Å². The van der Waals surface area contributed by atoms with Crippen molar-refractivity contribution in [2.45, 2.75) is 105 Å². The predicted octanol–water partition coefficient (Wildman–Crippen LogP) is 7.49. The first kappa shape index (κ1) is 21.9. The van der Waals surface area contributed by atoms with E-state index in [9.17, 15) is 5.11 Å². The van der Waals surface area contributed by atoms with Crippen LogP contribution in [-0.4, -0.2) is 11.2 Å². The summed E-state index contributed by atoms with van der Waals surface area (Å²) in [5.74, 6) is 6.66. The minimum absolute atomic E-state index is 0.0183. The molecule has 1 nitrogen and oxygen atoms in total. The molecule has 0 radical (unpaired) electrons.